The quantitative estimate of drug-likeness (QED) is 0.596. The van der Waals surface area contributed by atoms with E-state index in [0.29, 0.717) is 0 Å². The molecule has 2 heteroatoms. The lowest BCUT2D eigenvalue weighted by Gasteiger charge is -2.01. The van der Waals surface area contributed by atoms with Crippen LogP contribution >= 0.6 is 0 Å². The second kappa shape index (κ2) is 3.09. The molecular weight excluding hydrogens is 186 g/mol. The summed E-state index contributed by atoms with van der Waals surface area (Å²) in [7, 11) is 0. The van der Waals surface area contributed by atoms with Crippen LogP contribution in [0.5, 0.6) is 0 Å². The molecule has 0 radical (unpaired) electrons. The van der Waals surface area contributed by atoms with Crippen LogP contribution in [0.4, 0.5) is 0 Å². The summed E-state index contributed by atoms with van der Waals surface area (Å²) in [6.07, 6.45) is 2.54. The highest BCUT2D eigenvalue weighted by molar-refractivity contribution is 6.02. The molecule has 0 unspecified atom stereocenters. The molecular formula is C13H11NO. The molecule has 15 heavy (non-hydrogen) atoms. The van der Waals surface area contributed by atoms with E-state index in [1.54, 1.807) is 0 Å². The summed E-state index contributed by atoms with van der Waals surface area (Å²) in [5.74, 6) is 0. The van der Waals surface area contributed by atoms with Crippen LogP contribution < -0.4 is 0 Å². The first-order valence-electron chi connectivity index (χ1n) is 5.13. The van der Waals surface area contributed by atoms with Crippen molar-refractivity contribution in [3.63, 3.8) is 0 Å². The van der Waals surface area contributed by atoms with Gasteiger partial charge < -0.3 is 4.42 Å². The highest BCUT2D eigenvalue weighted by atomic mass is 16.3. The van der Waals surface area contributed by atoms with E-state index in [0.717, 1.165) is 22.9 Å². The van der Waals surface area contributed by atoms with Gasteiger partial charge in [-0.2, -0.15) is 0 Å². The third-order valence-electron chi connectivity index (χ3n) is 2.79. The summed E-state index contributed by atoms with van der Waals surface area (Å²) in [5, 5.41) is 2.36. The number of aromatic nitrogens is 1. The van der Waals surface area contributed by atoms with Crippen molar-refractivity contribution in [2.24, 2.45) is 0 Å². The molecule has 2 aromatic carbocycles. The van der Waals surface area contributed by atoms with Crippen LogP contribution in [-0.4, -0.2) is 4.98 Å². The highest BCUT2D eigenvalue weighted by Crippen LogP contribution is 2.25. The molecule has 0 amide bonds. The molecule has 1 heterocycles. The van der Waals surface area contributed by atoms with Gasteiger partial charge in [0.2, 0.25) is 0 Å². The minimum Gasteiger partial charge on any atom is -0.443 e. The van der Waals surface area contributed by atoms with E-state index in [4.69, 9.17) is 4.42 Å². The standard InChI is InChI=1S/C13H11NO/c1-2-9-3-4-10-5-6-12-13(11(10)7-9)15-8-14-12/h3-8H,2H2,1H3. The number of nitrogens with zero attached hydrogens (tertiary/aromatic N) is 1. The number of rotatable bonds is 1. The monoisotopic (exact) mass is 197 g/mol. The van der Waals surface area contributed by atoms with E-state index in [1.807, 2.05) is 6.07 Å². The van der Waals surface area contributed by atoms with E-state index in [9.17, 15) is 0 Å². The topological polar surface area (TPSA) is 26.0 Å². The average molecular weight is 197 g/mol. The molecule has 3 aromatic rings. The average Bonchev–Trinajstić information content (AvgIpc) is 2.76. The van der Waals surface area contributed by atoms with Gasteiger partial charge in [-0.3, -0.25) is 0 Å². The SMILES string of the molecule is CCc1ccc2ccc3ncoc3c2c1. The van der Waals surface area contributed by atoms with Crippen molar-refractivity contribution in [1.29, 1.82) is 0 Å². The Morgan fingerprint density at radius 3 is 2.93 bits per heavy atom. The first-order chi connectivity index (χ1) is 7.38. The van der Waals surface area contributed by atoms with Gasteiger partial charge in [0.1, 0.15) is 5.52 Å². The number of fused-ring (bicyclic) bond motifs is 3. The van der Waals surface area contributed by atoms with Crippen LogP contribution in [0.1, 0.15) is 12.5 Å². The number of oxazole rings is 1. The van der Waals surface area contributed by atoms with Gasteiger partial charge in [0.15, 0.2) is 12.0 Å². The van der Waals surface area contributed by atoms with E-state index < -0.39 is 0 Å². The Bertz CT molecular complexity index is 625. The van der Waals surface area contributed by atoms with Gasteiger partial charge in [-0.05, 0) is 29.5 Å². The predicted octanol–water partition coefficient (Wildman–Crippen LogP) is 3.54. The lowest BCUT2D eigenvalue weighted by molar-refractivity contribution is 0.605. The summed E-state index contributed by atoms with van der Waals surface area (Å²) in [6.45, 7) is 2.15. The highest BCUT2D eigenvalue weighted by Gasteiger charge is 2.04. The zero-order valence-electron chi connectivity index (χ0n) is 8.53. The van der Waals surface area contributed by atoms with Gasteiger partial charge in [0.25, 0.3) is 0 Å². The minimum atomic E-state index is 0.891. The molecule has 0 aliphatic carbocycles. The maximum absolute atomic E-state index is 5.42. The number of benzene rings is 2. The Balaban J connectivity index is 2.48. The van der Waals surface area contributed by atoms with Crippen molar-refractivity contribution in [3.8, 4) is 0 Å². The molecule has 0 saturated carbocycles. The van der Waals surface area contributed by atoms with Crippen LogP contribution in [0.25, 0.3) is 21.9 Å². The number of hydrogen-bond acceptors (Lipinski definition) is 2. The van der Waals surface area contributed by atoms with Gasteiger partial charge in [-0.15, -0.1) is 0 Å². The van der Waals surface area contributed by atoms with Crippen molar-refractivity contribution in [1.82, 2.24) is 4.98 Å². The maximum atomic E-state index is 5.42. The summed E-state index contributed by atoms with van der Waals surface area (Å²) < 4.78 is 5.42. The molecule has 0 saturated heterocycles. The lowest BCUT2D eigenvalue weighted by Crippen LogP contribution is -1.81. The van der Waals surface area contributed by atoms with Crippen molar-refractivity contribution < 1.29 is 4.42 Å². The Morgan fingerprint density at radius 2 is 2.07 bits per heavy atom. The summed E-state index contributed by atoms with van der Waals surface area (Å²) >= 11 is 0. The van der Waals surface area contributed by atoms with Crippen molar-refractivity contribution >= 4 is 21.9 Å². The third kappa shape index (κ3) is 1.22. The lowest BCUT2D eigenvalue weighted by atomic mass is 10.0. The molecule has 0 bridgehead atoms. The molecule has 0 atom stereocenters. The summed E-state index contributed by atoms with van der Waals surface area (Å²) in [4.78, 5) is 4.16. The Hall–Kier alpha value is -1.83. The molecule has 0 aliphatic rings. The van der Waals surface area contributed by atoms with E-state index >= 15 is 0 Å². The van der Waals surface area contributed by atoms with Crippen LogP contribution in [-0.2, 0) is 6.42 Å². The fourth-order valence-electron chi connectivity index (χ4n) is 1.91. The van der Waals surface area contributed by atoms with Gasteiger partial charge in [0.05, 0.1) is 0 Å². The molecule has 74 valence electrons. The van der Waals surface area contributed by atoms with E-state index in [2.05, 4.69) is 36.2 Å². The van der Waals surface area contributed by atoms with Crippen molar-refractivity contribution in [2.45, 2.75) is 13.3 Å². The zero-order valence-corrected chi connectivity index (χ0v) is 8.53. The molecule has 0 N–H and O–H groups in total. The maximum Gasteiger partial charge on any atom is 0.182 e. The van der Waals surface area contributed by atoms with Gasteiger partial charge in [0, 0.05) is 5.39 Å². The first-order valence-corrected chi connectivity index (χ1v) is 5.13. The van der Waals surface area contributed by atoms with Crippen LogP contribution in [0.2, 0.25) is 0 Å². The normalized spacial score (nSPS) is 11.3. The summed E-state index contributed by atoms with van der Waals surface area (Å²) in [5.41, 5.74) is 3.14. The van der Waals surface area contributed by atoms with E-state index in [-0.39, 0.29) is 0 Å². The molecule has 1 aromatic heterocycles. The van der Waals surface area contributed by atoms with Gasteiger partial charge >= 0.3 is 0 Å². The fraction of sp³-hybridized carbons (Fsp3) is 0.154. The zero-order chi connectivity index (χ0) is 10.3. The second-order valence-electron chi connectivity index (χ2n) is 3.68. The molecule has 0 aliphatic heterocycles. The number of aryl methyl sites for hydroxylation is 1. The molecule has 0 fully saturated rings. The smallest absolute Gasteiger partial charge is 0.182 e. The summed E-state index contributed by atoms with van der Waals surface area (Å²) in [6, 6.07) is 10.6. The van der Waals surface area contributed by atoms with Crippen LogP contribution in [0.15, 0.2) is 41.1 Å². The Morgan fingerprint density at radius 1 is 1.20 bits per heavy atom. The van der Waals surface area contributed by atoms with Crippen molar-refractivity contribution in [2.75, 3.05) is 0 Å². The molecule has 0 spiro atoms. The first kappa shape index (κ1) is 8.48. The number of hydrogen-bond donors (Lipinski definition) is 0. The van der Waals surface area contributed by atoms with Gasteiger partial charge in [-0.25, -0.2) is 4.98 Å². The van der Waals surface area contributed by atoms with Gasteiger partial charge in [-0.1, -0.05) is 25.1 Å². The largest absolute Gasteiger partial charge is 0.443 e. The fourth-order valence-corrected chi connectivity index (χ4v) is 1.91. The molecule has 3 rings (SSSR count). The van der Waals surface area contributed by atoms with Crippen LogP contribution in [0.3, 0.4) is 0 Å². The van der Waals surface area contributed by atoms with Crippen molar-refractivity contribution in [3.05, 3.63) is 42.3 Å². The minimum absolute atomic E-state index is 0.891. The molecule has 2 nitrogen and oxygen atoms in total. The Kier molecular flexibility index (Phi) is 1.75. The van der Waals surface area contributed by atoms with E-state index in [1.165, 1.54) is 17.3 Å². The second-order valence-corrected chi connectivity index (χ2v) is 3.68. The Labute approximate surface area is 87.5 Å². The predicted molar refractivity (Wildman–Crippen MR) is 60.9 cm³/mol. The van der Waals surface area contributed by atoms with Crippen LogP contribution in [0, 0.1) is 0 Å². The third-order valence-corrected chi connectivity index (χ3v) is 2.79.